The molecule has 1 aliphatic heterocycles. The fraction of sp³-hybridized carbons (Fsp3) is 0.318. The fourth-order valence-electron chi connectivity index (χ4n) is 3.80. The van der Waals surface area contributed by atoms with Crippen molar-refractivity contribution in [3.8, 4) is 0 Å². The molecule has 1 aromatic heterocycles. The number of aromatic amines is 1. The zero-order chi connectivity index (χ0) is 19.3. The predicted molar refractivity (Wildman–Crippen MR) is 119 cm³/mol. The third-order valence-electron chi connectivity index (χ3n) is 5.26. The number of benzene rings is 2. The van der Waals surface area contributed by atoms with Gasteiger partial charge in [-0.3, -0.25) is 0 Å². The normalized spacial score (nSPS) is 17.5. The van der Waals surface area contributed by atoms with Crippen molar-refractivity contribution in [1.29, 1.82) is 0 Å². The van der Waals surface area contributed by atoms with E-state index in [0.29, 0.717) is 11.7 Å². The summed E-state index contributed by atoms with van der Waals surface area (Å²) in [4.78, 5) is 3.37. The SMILES string of the molecule is S=C(NC[C@H]1CCCO1)NC[C@H](c1ccccc1Cl)c1c[nH]c2ccccc12. The van der Waals surface area contributed by atoms with Gasteiger partial charge in [0.2, 0.25) is 0 Å². The van der Waals surface area contributed by atoms with Gasteiger partial charge in [-0.25, -0.2) is 0 Å². The lowest BCUT2D eigenvalue weighted by Crippen LogP contribution is -2.41. The molecule has 0 radical (unpaired) electrons. The second-order valence-electron chi connectivity index (χ2n) is 7.09. The molecule has 3 N–H and O–H groups in total. The number of rotatable bonds is 6. The molecule has 4 nitrogen and oxygen atoms in total. The van der Waals surface area contributed by atoms with Gasteiger partial charge in [0.1, 0.15) is 0 Å². The Morgan fingerprint density at radius 2 is 1.96 bits per heavy atom. The average molecular weight is 414 g/mol. The van der Waals surface area contributed by atoms with Crippen LogP contribution in [0.15, 0.2) is 54.7 Å². The molecule has 2 atom stereocenters. The number of ether oxygens (including phenoxy) is 1. The van der Waals surface area contributed by atoms with Gasteiger partial charge in [-0.1, -0.05) is 48.0 Å². The number of para-hydroxylation sites is 1. The lowest BCUT2D eigenvalue weighted by atomic mass is 9.91. The number of halogens is 1. The summed E-state index contributed by atoms with van der Waals surface area (Å²) in [6, 6.07) is 16.3. The van der Waals surface area contributed by atoms with Crippen LogP contribution in [0.3, 0.4) is 0 Å². The van der Waals surface area contributed by atoms with Crippen molar-refractivity contribution in [2.24, 2.45) is 0 Å². The van der Waals surface area contributed by atoms with E-state index in [1.807, 2.05) is 24.3 Å². The minimum atomic E-state index is 0.0762. The van der Waals surface area contributed by atoms with Crippen LogP contribution in [0.25, 0.3) is 10.9 Å². The molecule has 1 saturated heterocycles. The first-order chi connectivity index (χ1) is 13.7. The van der Waals surface area contributed by atoms with Crippen molar-refractivity contribution in [2.45, 2.75) is 24.9 Å². The van der Waals surface area contributed by atoms with Gasteiger partial charge in [0, 0.05) is 47.7 Å². The molecule has 3 aromatic rings. The van der Waals surface area contributed by atoms with Gasteiger partial charge in [-0.15, -0.1) is 0 Å². The average Bonchev–Trinajstić information content (AvgIpc) is 3.38. The van der Waals surface area contributed by atoms with E-state index in [4.69, 9.17) is 28.6 Å². The topological polar surface area (TPSA) is 49.1 Å². The highest BCUT2D eigenvalue weighted by molar-refractivity contribution is 7.80. The molecule has 4 rings (SSSR count). The summed E-state index contributed by atoms with van der Waals surface area (Å²) < 4.78 is 5.65. The first-order valence-corrected chi connectivity index (χ1v) is 10.4. The molecule has 0 amide bonds. The number of nitrogens with one attached hydrogen (secondary N) is 3. The van der Waals surface area contributed by atoms with Gasteiger partial charge < -0.3 is 20.4 Å². The summed E-state index contributed by atoms with van der Waals surface area (Å²) in [5, 5.41) is 9.27. The number of thiocarbonyl (C=S) groups is 1. The molecule has 2 heterocycles. The zero-order valence-corrected chi connectivity index (χ0v) is 17.2. The Morgan fingerprint density at radius 1 is 1.14 bits per heavy atom. The Balaban J connectivity index is 1.52. The molecule has 1 aliphatic rings. The molecule has 28 heavy (non-hydrogen) atoms. The highest BCUT2D eigenvalue weighted by Gasteiger charge is 2.21. The Bertz CT molecular complexity index is 952. The third kappa shape index (κ3) is 4.32. The minimum absolute atomic E-state index is 0.0762. The van der Waals surface area contributed by atoms with E-state index in [2.05, 4.69) is 46.1 Å². The van der Waals surface area contributed by atoms with E-state index in [1.54, 1.807) is 0 Å². The molecular weight excluding hydrogens is 390 g/mol. The Kier molecular flexibility index (Phi) is 6.15. The highest BCUT2D eigenvalue weighted by Crippen LogP contribution is 2.34. The van der Waals surface area contributed by atoms with Crippen molar-refractivity contribution in [3.05, 3.63) is 70.9 Å². The molecule has 0 spiro atoms. The van der Waals surface area contributed by atoms with Crippen LogP contribution in [0.2, 0.25) is 5.02 Å². The van der Waals surface area contributed by atoms with Crippen molar-refractivity contribution in [2.75, 3.05) is 19.7 Å². The van der Waals surface area contributed by atoms with E-state index in [9.17, 15) is 0 Å². The van der Waals surface area contributed by atoms with Crippen LogP contribution in [-0.4, -0.2) is 35.9 Å². The maximum Gasteiger partial charge on any atom is 0.166 e. The summed E-state index contributed by atoms with van der Waals surface area (Å²) in [6.45, 7) is 2.25. The molecule has 0 unspecified atom stereocenters. The second kappa shape index (κ2) is 8.95. The number of fused-ring (bicyclic) bond motifs is 1. The summed E-state index contributed by atoms with van der Waals surface area (Å²) in [6.07, 6.45) is 4.55. The Hall–Kier alpha value is -2.08. The maximum atomic E-state index is 6.55. The van der Waals surface area contributed by atoms with Crippen molar-refractivity contribution in [1.82, 2.24) is 15.6 Å². The van der Waals surface area contributed by atoms with E-state index in [0.717, 1.165) is 42.1 Å². The third-order valence-corrected chi connectivity index (χ3v) is 5.89. The van der Waals surface area contributed by atoms with Crippen LogP contribution >= 0.6 is 23.8 Å². The molecule has 6 heteroatoms. The zero-order valence-electron chi connectivity index (χ0n) is 15.6. The van der Waals surface area contributed by atoms with Crippen LogP contribution in [-0.2, 0) is 4.74 Å². The highest BCUT2D eigenvalue weighted by atomic mass is 35.5. The van der Waals surface area contributed by atoms with Crippen LogP contribution in [0.5, 0.6) is 0 Å². The Labute approximate surface area is 175 Å². The molecule has 0 bridgehead atoms. The van der Waals surface area contributed by atoms with Crippen LogP contribution < -0.4 is 10.6 Å². The predicted octanol–water partition coefficient (Wildman–Crippen LogP) is 4.60. The number of hydrogen-bond donors (Lipinski definition) is 3. The standard InChI is InChI=1S/C22H24ClN3OS/c23-20-9-3-1-7-16(20)18(19-13-24-21-10-4-2-8-17(19)21)14-26-22(28)25-12-15-6-5-11-27-15/h1-4,7-10,13,15,18,24H,5-6,11-12,14H2,(H2,25,26,28)/t15-,18-/m1/s1. The largest absolute Gasteiger partial charge is 0.376 e. The van der Waals surface area contributed by atoms with E-state index in [-0.39, 0.29) is 12.0 Å². The summed E-state index contributed by atoms with van der Waals surface area (Å²) in [5.74, 6) is 0.0762. The first-order valence-electron chi connectivity index (χ1n) is 9.66. The summed E-state index contributed by atoms with van der Waals surface area (Å²) in [5.41, 5.74) is 3.41. The van der Waals surface area contributed by atoms with E-state index < -0.39 is 0 Å². The van der Waals surface area contributed by atoms with Gasteiger partial charge in [0.05, 0.1) is 6.10 Å². The van der Waals surface area contributed by atoms with E-state index in [1.165, 1.54) is 10.9 Å². The molecule has 0 aliphatic carbocycles. The first kappa shape index (κ1) is 19.2. The second-order valence-corrected chi connectivity index (χ2v) is 7.91. The van der Waals surface area contributed by atoms with Crippen LogP contribution in [0.4, 0.5) is 0 Å². The van der Waals surface area contributed by atoms with Crippen molar-refractivity contribution < 1.29 is 4.74 Å². The fourth-order valence-corrected chi connectivity index (χ4v) is 4.23. The quantitative estimate of drug-likeness (QED) is 0.517. The lowest BCUT2D eigenvalue weighted by molar-refractivity contribution is 0.114. The molecule has 1 fully saturated rings. The maximum absolute atomic E-state index is 6.55. The minimum Gasteiger partial charge on any atom is -0.376 e. The summed E-state index contributed by atoms with van der Waals surface area (Å²) >= 11 is 12.0. The van der Waals surface area contributed by atoms with E-state index >= 15 is 0 Å². The summed E-state index contributed by atoms with van der Waals surface area (Å²) in [7, 11) is 0. The number of aromatic nitrogens is 1. The molecule has 2 aromatic carbocycles. The molecule has 146 valence electrons. The molecular formula is C22H24ClN3OS. The van der Waals surface area contributed by atoms with Gasteiger partial charge >= 0.3 is 0 Å². The van der Waals surface area contributed by atoms with Gasteiger partial charge in [0.15, 0.2) is 5.11 Å². The lowest BCUT2D eigenvalue weighted by Gasteiger charge is -2.21. The van der Waals surface area contributed by atoms with Crippen LogP contribution in [0, 0.1) is 0 Å². The Morgan fingerprint density at radius 3 is 2.79 bits per heavy atom. The number of hydrogen-bond acceptors (Lipinski definition) is 2. The van der Waals surface area contributed by atoms with Crippen molar-refractivity contribution in [3.63, 3.8) is 0 Å². The number of H-pyrrole nitrogens is 1. The van der Waals surface area contributed by atoms with Gasteiger partial charge in [-0.2, -0.15) is 0 Å². The molecule has 0 saturated carbocycles. The smallest absolute Gasteiger partial charge is 0.166 e. The van der Waals surface area contributed by atoms with Gasteiger partial charge in [-0.05, 0) is 48.3 Å². The van der Waals surface area contributed by atoms with Crippen molar-refractivity contribution >= 4 is 39.8 Å². The monoisotopic (exact) mass is 413 g/mol. The van der Waals surface area contributed by atoms with Gasteiger partial charge in [0.25, 0.3) is 0 Å². The van der Waals surface area contributed by atoms with Crippen LogP contribution in [0.1, 0.15) is 29.9 Å².